The number of nitrogens with zero attached hydrogens (tertiary/aromatic N) is 2. The Balaban J connectivity index is 2.15. The Hall–Kier alpha value is -2.99. The number of carbonyl (C=O) groups is 2. The molecule has 0 heterocycles. The zero-order valence-corrected chi connectivity index (χ0v) is 25.7. The summed E-state index contributed by atoms with van der Waals surface area (Å²) >= 11 is 18.6. The summed E-state index contributed by atoms with van der Waals surface area (Å²) in [6, 6.07) is 12.1. The lowest BCUT2D eigenvalue weighted by atomic mass is 10.1. The number of rotatable bonds is 10. The quantitative estimate of drug-likeness (QED) is 0.258. The van der Waals surface area contributed by atoms with Gasteiger partial charge in [-0.2, -0.15) is 13.2 Å². The summed E-state index contributed by atoms with van der Waals surface area (Å²) in [5.74, 6) is -1.45. The van der Waals surface area contributed by atoms with Crippen LogP contribution in [0.3, 0.4) is 0 Å². The van der Waals surface area contributed by atoms with Crippen LogP contribution in [-0.4, -0.2) is 43.8 Å². The van der Waals surface area contributed by atoms with Gasteiger partial charge in [0.15, 0.2) is 0 Å². The van der Waals surface area contributed by atoms with Crippen molar-refractivity contribution in [3.63, 3.8) is 0 Å². The van der Waals surface area contributed by atoms with E-state index in [1.807, 2.05) is 0 Å². The van der Waals surface area contributed by atoms with Crippen molar-refractivity contribution in [1.29, 1.82) is 0 Å². The van der Waals surface area contributed by atoms with Crippen LogP contribution in [0, 0.1) is 0 Å². The van der Waals surface area contributed by atoms with Gasteiger partial charge in [0.1, 0.15) is 12.6 Å². The molecule has 42 heavy (non-hydrogen) atoms. The predicted octanol–water partition coefficient (Wildman–Crippen LogP) is 6.80. The number of nitrogens with one attached hydrogen (secondary N) is 1. The molecule has 3 aromatic carbocycles. The van der Waals surface area contributed by atoms with E-state index in [1.165, 1.54) is 43.3 Å². The zero-order valence-electron chi connectivity index (χ0n) is 22.6. The van der Waals surface area contributed by atoms with E-state index in [4.69, 9.17) is 34.8 Å². The molecule has 0 bridgehead atoms. The lowest BCUT2D eigenvalue weighted by Gasteiger charge is -2.33. The van der Waals surface area contributed by atoms with E-state index in [0.717, 1.165) is 11.0 Å². The summed E-state index contributed by atoms with van der Waals surface area (Å²) in [4.78, 5) is 27.7. The number of carbonyl (C=O) groups excluding carboxylic acids is 2. The maximum atomic E-state index is 13.9. The van der Waals surface area contributed by atoms with Gasteiger partial charge in [-0.3, -0.25) is 13.9 Å². The topological polar surface area (TPSA) is 86.8 Å². The van der Waals surface area contributed by atoms with Crippen molar-refractivity contribution in [3.05, 3.63) is 92.9 Å². The number of hydrogen-bond donors (Lipinski definition) is 1. The molecule has 3 aromatic rings. The molecule has 1 atom stereocenters. The highest BCUT2D eigenvalue weighted by Crippen LogP contribution is 2.37. The minimum absolute atomic E-state index is 0.187. The van der Waals surface area contributed by atoms with E-state index in [1.54, 1.807) is 26.0 Å². The zero-order chi connectivity index (χ0) is 31.4. The summed E-state index contributed by atoms with van der Waals surface area (Å²) in [5, 5.41) is 2.87. The number of benzene rings is 3. The van der Waals surface area contributed by atoms with Gasteiger partial charge in [-0.1, -0.05) is 59.1 Å². The SMILES string of the molecule is CC(C)NC(=O)[C@H](C)N(Cc1ccc(Cl)cc1Cl)C(=O)CN(c1cc(C(F)(F)F)ccc1Cl)S(=O)(=O)c1ccccc1. The summed E-state index contributed by atoms with van der Waals surface area (Å²) in [6.07, 6.45) is -4.83. The Morgan fingerprint density at radius 2 is 1.55 bits per heavy atom. The van der Waals surface area contributed by atoms with Crippen LogP contribution >= 0.6 is 34.8 Å². The highest BCUT2D eigenvalue weighted by Gasteiger charge is 2.36. The van der Waals surface area contributed by atoms with Gasteiger partial charge in [0.25, 0.3) is 10.0 Å². The number of anilines is 1. The summed E-state index contributed by atoms with van der Waals surface area (Å²) in [5.41, 5.74) is -1.34. The van der Waals surface area contributed by atoms with Crippen LogP contribution in [0.15, 0.2) is 71.6 Å². The molecular formula is C28H27Cl3F3N3O4S. The minimum Gasteiger partial charge on any atom is -0.352 e. The van der Waals surface area contributed by atoms with Crippen molar-refractivity contribution in [2.75, 3.05) is 10.8 Å². The molecule has 226 valence electrons. The second kappa shape index (κ2) is 13.5. The summed E-state index contributed by atoms with van der Waals surface area (Å²) < 4.78 is 69.0. The fraction of sp³-hybridized carbons (Fsp3) is 0.286. The number of alkyl halides is 3. The number of amides is 2. The molecule has 3 rings (SSSR count). The Bertz CT molecular complexity index is 1550. The predicted molar refractivity (Wildman–Crippen MR) is 157 cm³/mol. The van der Waals surface area contributed by atoms with Crippen LogP contribution in [0.5, 0.6) is 0 Å². The molecule has 0 aliphatic carbocycles. The van der Waals surface area contributed by atoms with Gasteiger partial charge < -0.3 is 10.2 Å². The highest BCUT2D eigenvalue weighted by atomic mass is 35.5. The third-order valence-electron chi connectivity index (χ3n) is 6.11. The molecule has 0 saturated carbocycles. The highest BCUT2D eigenvalue weighted by molar-refractivity contribution is 7.92. The molecule has 1 N–H and O–H groups in total. The lowest BCUT2D eigenvalue weighted by Crippen LogP contribution is -2.52. The van der Waals surface area contributed by atoms with Gasteiger partial charge in [0, 0.05) is 22.6 Å². The third-order valence-corrected chi connectivity index (χ3v) is 8.79. The fourth-order valence-electron chi connectivity index (χ4n) is 3.93. The molecule has 0 aliphatic rings. The van der Waals surface area contributed by atoms with Crippen LogP contribution in [-0.2, 0) is 32.3 Å². The molecular weight excluding hydrogens is 638 g/mol. The van der Waals surface area contributed by atoms with Crippen LogP contribution in [0.25, 0.3) is 0 Å². The Labute approximate surface area is 257 Å². The number of halogens is 6. The first-order valence-electron chi connectivity index (χ1n) is 12.5. The van der Waals surface area contributed by atoms with Gasteiger partial charge >= 0.3 is 6.18 Å². The largest absolute Gasteiger partial charge is 0.416 e. The molecule has 2 amide bonds. The fourth-order valence-corrected chi connectivity index (χ4v) is 6.12. The molecule has 0 fully saturated rings. The van der Waals surface area contributed by atoms with Crippen LogP contribution in [0.2, 0.25) is 15.1 Å². The van der Waals surface area contributed by atoms with Crippen molar-refractivity contribution < 1.29 is 31.2 Å². The number of sulfonamides is 1. The van der Waals surface area contributed by atoms with Gasteiger partial charge in [0.05, 0.1) is 21.2 Å². The molecule has 0 saturated heterocycles. The van der Waals surface area contributed by atoms with Gasteiger partial charge in [0.2, 0.25) is 11.8 Å². The minimum atomic E-state index is -4.83. The Morgan fingerprint density at radius 1 is 0.905 bits per heavy atom. The van der Waals surface area contributed by atoms with E-state index in [-0.39, 0.29) is 27.5 Å². The van der Waals surface area contributed by atoms with E-state index in [2.05, 4.69) is 5.32 Å². The monoisotopic (exact) mass is 663 g/mol. The first-order chi connectivity index (χ1) is 19.5. The molecule has 0 aromatic heterocycles. The smallest absolute Gasteiger partial charge is 0.352 e. The Morgan fingerprint density at radius 3 is 2.12 bits per heavy atom. The number of hydrogen-bond acceptors (Lipinski definition) is 4. The van der Waals surface area contributed by atoms with Crippen LogP contribution in [0.1, 0.15) is 31.9 Å². The van der Waals surface area contributed by atoms with Crippen molar-refractivity contribution >= 4 is 62.3 Å². The molecule has 0 aliphatic heterocycles. The second-order valence-corrected chi connectivity index (χ2v) is 12.7. The van der Waals surface area contributed by atoms with Crippen LogP contribution < -0.4 is 9.62 Å². The Kier molecular flexibility index (Phi) is 10.8. The lowest BCUT2D eigenvalue weighted by molar-refractivity contribution is -0.139. The first kappa shape index (κ1) is 33.5. The molecule has 7 nitrogen and oxygen atoms in total. The normalized spacial score (nSPS) is 12.6. The first-order valence-corrected chi connectivity index (χ1v) is 15.1. The maximum Gasteiger partial charge on any atom is 0.416 e. The molecule has 0 spiro atoms. The van der Waals surface area contributed by atoms with Gasteiger partial charge in [-0.25, -0.2) is 8.42 Å². The molecule has 14 heteroatoms. The average molecular weight is 665 g/mol. The second-order valence-electron chi connectivity index (χ2n) is 9.59. The van der Waals surface area contributed by atoms with E-state index in [0.29, 0.717) is 27.0 Å². The molecule has 0 unspecified atom stereocenters. The van der Waals surface area contributed by atoms with Crippen LogP contribution in [0.4, 0.5) is 18.9 Å². The van der Waals surface area contributed by atoms with Crippen molar-refractivity contribution in [2.24, 2.45) is 0 Å². The van der Waals surface area contributed by atoms with Crippen molar-refractivity contribution in [1.82, 2.24) is 10.2 Å². The van der Waals surface area contributed by atoms with E-state index in [9.17, 15) is 31.2 Å². The third kappa shape index (κ3) is 8.09. The maximum absolute atomic E-state index is 13.9. The van der Waals surface area contributed by atoms with E-state index >= 15 is 0 Å². The standard InChI is InChI=1S/C28H27Cl3F3N3O4S/c1-17(2)35-27(39)18(3)36(15-19-9-11-21(29)14-24(19)31)26(38)16-37(42(40,41)22-7-5-4-6-8-22)25-13-20(28(32,33)34)10-12-23(25)30/h4-14,17-18H,15-16H2,1-3H3,(H,35,39)/t18-/m0/s1. The summed E-state index contributed by atoms with van der Waals surface area (Å²) in [6.45, 7) is 3.65. The average Bonchev–Trinajstić information content (AvgIpc) is 2.90. The molecule has 0 radical (unpaired) electrons. The van der Waals surface area contributed by atoms with Gasteiger partial charge in [-0.15, -0.1) is 0 Å². The van der Waals surface area contributed by atoms with Crippen molar-refractivity contribution in [2.45, 2.75) is 50.5 Å². The summed E-state index contributed by atoms with van der Waals surface area (Å²) in [7, 11) is -4.63. The van der Waals surface area contributed by atoms with Gasteiger partial charge in [-0.05, 0) is 68.8 Å². The van der Waals surface area contributed by atoms with Crippen molar-refractivity contribution in [3.8, 4) is 0 Å². The van der Waals surface area contributed by atoms with E-state index < -0.39 is 51.9 Å².